The fourth-order valence-corrected chi connectivity index (χ4v) is 5.16. The van der Waals surface area contributed by atoms with Crippen molar-refractivity contribution in [1.82, 2.24) is 10.2 Å². The van der Waals surface area contributed by atoms with Gasteiger partial charge in [0.1, 0.15) is 0 Å². The van der Waals surface area contributed by atoms with Crippen molar-refractivity contribution in [2.24, 2.45) is 5.92 Å². The Morgan fingerprint density at radius 2 is 1.59 bits per heavy atom. The van der Waals surface area contributed by atoms with Crippen molar-refractivity contribution < 1.29 is 9.59 Å². The van der Waals surface area contributed by atoms with Crippen LogP contribution < -0.4 is 15.5 Å². The number of nitrogens with one attached hydrogen (secondary N) is 2. The van der Waals surface area contributed by atoms with E-state index in [1.165, 1.54) is 24.8 Å². The van der Waals surface area contributed by atoms with Crippen LogP contribution in [0.1, 0.15) is 60.9 Å². The van der Waals surface area contributed by atoms with Crippen molar-refractivity contribution in [3.05, 3.63) is 59.7 Å². The summed E-state index contributed by atoms with van der Waals surface area (Å²) in [4.78, 5) is 30.5. The van der Waals surface area contributed by atoms with Crippen LogP contribution in [-0.4, -0.2) is 48.9 Å². The van der Waals surface area contributed by atoms with E-state index in [9.17, 15) is 9.59 Å². The Morgan fingerprint density at radius 1 is 0.853 bits per heavy atom. The van der Waals surface area contributed by atoms with Gasteiger partial charge in [-0.15, -0.1) is 0 Å². The topological polar surface area (TPSA) is 64.7 Å². The molecule has 180 valence electrons. The first kappa shape index (κ1) is 22.9. The Kier molecular flexibility index (Phi) is 7.14. The minimum absolute atomic E-state index is 0.0175. The third-order valence-corrected chi connectivity index (χ3v) is 7.36. The Morgan fingerprint density at radius 3 is 2.29 bits per heavy atom. The fourth-order valence-electron chi connectivity index (χ4n) is 5.16. The maximum Gasteiger partial charge on any atom is 0.253 e. The molecule has 2 aromatic carbocycles. The molecule has 3 aliphatic rings. The minimum atomic E-state index is -0.0175. The normalized spacial score (nSPS) is 19.6. The lowest BCUT2D eigenvalue weighted by Gasteiger charge is -2.37. The molecular weight excluding hydrogens is 424 g/mol. The molecule has 2 amide bonds. The second-order valence-electron chi connectivity index (χ2n) is 10.1. The van der Waals surface area contributed by atoms with Crippen LogP contribution in [0.3, 0.4) is 0 Å². The smallest absolute Gasteiger partial charge is 0.253 e. The van der Waals surface area contributed by atoms with Gasteiger partial charge in [0.05, 0.1) is 5.56 Å². The Labute approximate surface area is 202 Å². The minimum Gasteiger partial charge on any atom is -0.368 e. The highest BCUT2D eigenvalue weighted by Crippen LogP contribution is 2.32. The molecule has 2 aromatic rings. The number of amides is 2. The van der Waals surface area contributed by atoms with Gasteiger partial charge in [0.15, 0.2) is 0 Å². The Bertz CT molecular complexity index is 991. The second-order valence-corrected chi connectivity index (χ2v) is 10.1. The lowest BCUT2D eigenvalue weighted by atomic mass is 9.95. The number of piperazine rings is 1. The van der Waals surface area contributed by atoms with Crippen LogP contribution in [-0.2, 0) is 11.3 Å². The van der Waals surface area contributed by atoms with Crippen LogP contribution in [0, 0.1) is 5.92 Å². The molecular formula is C28H36N4O2. The summed E-state index contributed by atoms with van der Waals surface area (Å²) in [6, 6.07) is 16.7. The largest absolute Gasteiger partial charge is 0.368 e. The summed E-state index contributed by atoms with van der Waals surface area (Å²) in [5.41, 5.74) is 3.70. The van der Waals surface area contributed by atoms with Gasteiger partial charge in [-0.3, -0.25) is 14.5 Å². The third kappa shape index (κ3) is 5.79. The summed E-state index contributed by atoms with van der Waals surface area (Å²) in [7, 11) is 0. The van der Waals surface area contributed by atoms with E-state index in [4.69, 9.17) is 0 Å². The van der Waals surface area contributed by atoms with Crippen molar-refractivity contribution in [3.8, 4) is 0 Å². The maximum atomic E-state index is 13.4. The zero-order valence-corrected chi connectivity index (χ0v) is 20.0. The fraction of sp³-hybridized carbons (Fsp3) is 0.500. The summed E-state index contributed by atoms with van der Waals surface area (Å²) in [6.45, 7) is 4.63. The third-order valence-electron chi connectivity index (χ3n) is 7.36. The van der Waals surface area contributed by atoms with Crippen LogP contribution >= 0.6 is 0 Å². The summed E-state index contributed by atoms with van der Waals surface area (Å²) in [6.07, 6.45) is 7.65. The molecule has 0 radical (unpaired) electrons. The lowest BCUT2D eigenvalue weighted by Crippen LogP contribution is -2.46. The highest BCUT2D eigenvalue weighted by molar-refractivity contribution is 6.02. The van der Waals surface area contributed by atoms with E-state index in [1.54, 1.807) is 0 Å². The van der Waals surface area contributed by atoms with Gasteiger partial charge in [-0.05, 0) is 49.4 Å². The molecule has 5 rings (SSSR count). The summed E-state index contributed by atoms with van der Waals surface area (Å²) >= 11 is 0. The maximum absolute atomic E-state index is 13.4. The summed E-state index contributed by atoms with van der Waals surface area (Å²) in [5.74, 6) is 0.189. The van der Waals surface area contributed by atoms with Crippen LogP contribution in [0.5, 0.6) is 0 Å². The molecule has 0 aromatic heterocycles. The quantitative estimate of drug-likeness (QED) is 0.642. The molecule has 2 aliphatic carbocycles. The predicted molar refractivity (Wildman–Crippen MR) is 136 cm³/mol. The molecule has 0 atom stereocenters. The van der Waals surface area contributed by atoms with Crippen LogP contribution in [0.2, 0.25) is 0 Å². The van der Waals surface area contributed by atoms with Gasteiger partial charge in [0.25, 0.3) is 5.91 Å². The van der Waals surface area contributed by atoms with Crippen LogP contribution in [0.25, 0.3) is 0 Å². The first-order valence-corrected chi connectivity index (χ1v) is 12.9. The zero-order chi connectivity index (χ0) is 23.3. The standard InChI is InChI=1S/C28H36N4O2/c33-27(22-11-12-22)30-24-13-14-26(25(19-24)28(34)29-23-9-5-2-6-10-23)32-17-15-31(16-18-32)20-21-7-3-1-4-8-21/h1,3-4,7-8,13-14,19,22-23H,2,5-6,9-12,15-18,20H2,(H,29,34)(H,30,33). The number of nitrogens with zero attached hydrogens (tertiary/aromatic N) is 2. The number of anilines is 2. The highest BCUT2D eigenvalue weighted by atomic mass is 16.2. The van der Waals surface area contributed by atoms with Crippen LogP contribution in [0.4, 0.5) is 11.4 Å². The van der Waals surface area contributed by atoms with Gasteiger partial charge in [-0.1, -0.05) is 49.6 Å². The highest BCUT2D eigenvalue weighted by Gasteiger charge is 2.30. The number of rotatable bonds is 7. The number of carbonyl (C=O) groups is 2. The van der Waals surface area contributed by atoms with Gasteiger partial charge in [0, 0.05) is 56.1 Å². The first-order chi connectivity index (χ1) is 16.7. The van der Waals surface area contributed by atoms with Crippen molar-refractivity contribution >= 4 is 23.2 Å². The summed E-state index contributed by atoms with van der Waals surface area (Å²) < 4.78 is 0. The van der Waals surface area contributed by atoms with Crippen molar-refractivity contribution in [2.75, 3.05) is 36.4 Å². The SMILES string of the molecule is O=C(NC1CCCCC1)c1cc(NC(=O)C2CC2)ccc1N1CCN(Cc2ccccc2)CC1. The zero-order valence-electron chi connectivity index (χ0n) is 20.0. The monoisotopic (exact) mass is 460 g/mol. The average Bonchev–Trinajstić information content (AvgIpc) is 3.72. The molecule has 1 aliphatic heterocycles. The summed E-state index contributed by atoms with van der Waals surface area (Å²) in [5, 5.41) is 6.30. The van der Waals surface area contributed by atoms with Crippen LogP contribution in [0.15, 0.2) is 48.5 Å². The van der Waals surface area contributed by atoms with Gasteiger partial charge >= 0.3 is 0 Å². The van der Waals surface area contributed by atoms with E-state index in [0.717, 1.165) is 69.8 Å². The van der Waals surface area contributed by atoms with Crippen molar-refractivity contribution in [1.29, 1.82) is 0 Å². The lowest BCUT2D eigenvalue weighted by molar-refractivity contribution is -0.117. The van der Waals surface area contributed by atoms with Gasteiger partial charge in [-0.25, -0.2) is 0 Å². The molecule has 0 bridgehead atoms. The van der Waals surface area contributed by atoms with Gasteiger partial charge in [-0.2, -0.15) is 0 Å². The molecule has 1 heterocycles. The van der Waals surface area contributed by atoms with E-state index < -0.39 is 0 Å². The van der Waals surface area contributed by atoms with Gasteiger partial charge < -0.3 is 15.5 Å². The van der Waals surface area contributed by atoms with Crippen molar-refractivity contribution in [3.63, 3.8) is 0 Å². The Hall–Kier alpha value is -2.86. The molecule has 0 spiro atoms. The first-order valence-electron chi connectivity index (χ1n) is 12.9. The molecule has 1 saturated heterocycles. The number of benzene rings is 2. The molecule has 0 unspecified atom stereocenters. The van der Waals surface area contributed by atoms with E-state index in [0.29, 0.717) is 5.56 Å². The second kappa shape index (κ2) is 10.6. The molecule has 2 N–H and O–H groups in total. The number of carbonyl (C=O) groups excluding carboxylic acids is 2. The molecule has 3 fully saturated rings. The molecule has 34 heavy (non-hydrogen) atoms. The molecule has 6 heteroatoms. The Balaban J connectivity index is 1.29. The van der Waals surface area contributed by atoms with Gasteiger partial charge in [0.2, 0.25) is 5.91 Å². The average molecular weight is 461 g/mol. The number of hydrogen-bond acceptors (Lipinski definition) is 4. The van der Waals surface area contributed by atoms with Crippen molar-refractivity contribution in [2.45, 2.75) is 57.5 Å². The van der Waals surface area contributed by atoms with E-state index in [-0.39, 0.29) is 23.8 Å². The molecule has 6 nitrogen and oxygen atoms in total. The van der Waals surface area contributed by atoms with E-state index >= 15 is 0 Å². The number of hydrogen-bond donors (Lipinski definition) is 2. The van der Waals surface area contributed by atoms with E-state index in [1.807, 2.05) is 18.2 Å². The van der Waals surface area contributed by atoms with E-state index in [2.05, 4.69) is 50.8 Å². The predicted octanol–water partition coefficient (Wildman–Crippen LogP) is 4.42. The molecule has 2 saturated carbocycles.